The lowest BCUT2D eigenvalue weighted by atomic mass is 9.87. The van der Waals surface area contributed by atoms with E-state index in [0.29, 0.717) is 0 Å². The summed E-state index contributed by atoms with van der Waals surface area (Å²) in [5.74, 6) is 0.971. The summed E-state index contributed by atoms with van der Waals surface area (Å²) >= 11 is 0. The fraction of sp³-hybridized carbons (Fsp3) is 0.684. The van der Waals surface area contributed by atoms with E-state index in [4.69, 9.17) is 0 Å². The topological polar surface area (TPSA) is 15.3 Å². The summed E-state index contributed by atoms with van der Waals surface area (Å²) in [5.41, 5.74) is 2.68. The molecule has 2 aliphatic rings. The molecule has 2 nitrogen and oxygen atoms in total. The molecule has 0 amide bonds. The Labute approximate surface area is 129 Å². The molecule has 1 heterocycles. The average Bonchev–Trinajstić information content (AvgIpc) is 2.57. The maximum absolute atomic E-state index is 3.60. The predicted octanol–water partition coefficient (Wildman–Crippen LogP) is 5.06. The molecule has 1 N–H and O–H groups in total. The van der Waals surface area contributed by atoms with Crippen molar-refractivity contribution in [2.24, 2.45) is 5.92 Å². The van der Waals surface area contributed by atoms with Crippen molar-refractivity contribution in [1.82, 2.24) is 0 Å². The molecular formula is C19H30N2. The van der Waals surface area contributed by atoms with Crippen LogP contribution in [0.2, 0.25) is 0 Å². The first-order chi connectivity index (χ1) is 10.4. The van der Waals surface area contributed by atoms with Gasteiger partial charge in [0, 0.05) is 31.0 Å². The van der Waals surface area contributed by atoms with E-state index in [-0.39, 0.29) is 0 Å². The first-order valence-electron chi connectivity index (χ1n) is 9.01. The number of piperidine rings is 1. The van der Waals surface area contributed by atoms with E-state index in [9.17, 15) is 0 Å². The van der Waals surface area contributed by atoms with Gasteiger partial charge >= 0.3 is 0 Å². The van der Waals surface area contributed by atoms with Gasteiger partial charge in [-0.25, -0.2) is 0 Å². The molecule has 0 bridgehead atoms. The van der Waals surface area contributed by atoms with Crippen LogP contribution in [0.1, 0.15) is 57.8 Å². The van der Waals surface area contributed by atoms with Crippen molar-refractivity contribution in [2.75, 3.05) is 29.9 Å². The number of hydrogen-bond donors (Lipinski definition) is 1. The zero-order valence-corrected chi connectivity index (χ0v) is 13.3. The average molecular weight is 286 g/mol. The Hall–Kier alpha value is -1.18. The summed E-state index contributed by atoms with van der Waals surface area (Å²) in [5, 5.41) is 3.60. The van der Waals surface area contributed by atoms with Gasteiger partial charge in [0.05, 0.1) is 0 Å². The second-order valence-corrected chi connectivity index (χ2v) is 6.81. The molecule has 0 spiro atoms. The smallest absolute Gasteiger partial charge is 0.0367 e. The summed E-state index contributed by atoms with van der Waals surface area (Å²) in [6.45, 7) is 3.59. The highest BCUT2D eigenvalue weighted by atomic mass is 15.1. The molecule has 1 aromatic rings. The zero-order chi connectivity index (χ0) is 14.3. The number of rotatable bonds is 5. The van der Waals surface area contributed by atoms with Gasteiger partial charge in [-0.15, -0.1) is 0 Å². The highest BCUT2D eigenvalue weighted by Crippen LogP contribution is 2.26. The third-order valence-corrected chi connectivity index (χ3v) is 5.19. The number of anilines is 2. The van der Waals surface area contributed by atoms with Crippen LogP contribution in [0, 0.1) is 5.92 Å². The lowest BCUT2D eigenvalue weighted by Gasteiger charge is -2.29. The summed E-state index contributed by atoms with van der Waals surface area (Å²) in [7, 11) is 0. The number of nitrogens with zero attached hydrogens (tertiary/aromatic N) is 1. The molecule has 2 fully saturated rings. The van der Waals surface area contributed by atoms with Crippen LogP contribution in [-0.4, -0.2) is 19.6 Å². The van der Waals surface area contributed by atoms with Crippen molar-refractivity contribution >= 4 is 11.4 Å². The first kappa shape index (κ1) is 14.7. The van der Waals surface area contributed by atoms with E-state index in [2.05, 4.69) is 34.5 Å². The first-order valence-corrected chi connectivity index (χ1v) is 9.01. The number of hydrogen-bond acceptors (Lipinski definition) is 2. The number of nitrogens with one attached hydrogen (secondary N) is 1. The maximum Gasteiger partial charge on any atom is 0.0367 e. The van der Waals surface area contributed by atoms with Gasteiger partial charge in [-0.3, -0.25) is 0 Å². The normalized spacial score (nSPS) is 20.5. The Balaban J connectivity index is 1.43. The summed E-state index contributed by atoms with van der Waals surface area (Å²) in [6, 6.07) is 9.08. The van der Waals surface area contributed by atoms with Gasteiger partial charge in [0.2, 0.25) is 0 Å². The van der Waals surface area contributed by atoms with E-state index in [0.717, 1.165) is 12.5 Å². The van der Waals surface area contributed by atoms with Gasteiger partial charge in [-0.1, -0.05) is 32.1 Å². The summed E-state index contributed by atoms with van der Waals surface area (Å²) in [6.07, 6.45) is 12.7. The van der Waals surface area contributed by atoms with Crippen LogP contribution >= 0.6 is 0 Å². The molecule has 1 saturated heterocycles. The van der Waals surface area contributed by atoms with Crippen LogP contribution in [-0.2, 0) is 0 Å². The molecule has 0 atom stereocenters. The van der Waals surface area contributed by atoms with Crippen molar-refractivity contribution in [2.45, 2.75) is 57.8 Å². The Morgan fingerprint density at radius 1 is 0.857 bits per heavy atom. The van der Waals surface area contributed by atoms with Gasteiger partial charge < -0.3 is 10.2 Å². The van der Waals surface area contributed by atoms with Gasteiger partial charge in [-0.05, 0) is 55.9 Å². The van der Waals surface area contributed by atoms with Gasteiger partial charge in [0.15, 0.2) is 0 Å². The molecule has 1 aliphatic heterocycles. The highest BCUT2D eigenvalue weighted by Gasteiger charge is 2.13. The molecular weight excluding hydrogens is 256 g/mol. The van der Waals surface area contributed by atoms with Gasteiger partial charge in [-0.2, -0.15) is 0 Å². The van der Waals surface area contributed by atoms with E-state index >= 15 is 0 Å². The summed E-state index contributed by atoms with van der Waals surface area (Å²) < 4.78 is 0. The van der Waals surface area contributed by atoms with Crippen molar-refractivity contribution < 1.29 is 0 Å². The monoisotopic (exact) mass is 286 g/mol. The fourth-order valence-corrected chi connectivity index (χ4v) is 3.84. The van der Waals surface area contributed by atoms with Gasteiger partial charge in [0.25, 0.3) is 0 Å². The second kappa shape index (κ2) is 7.72. The lowest BCUT2D eigenvalue weighted by molar-refractivity contribution is 0.345. The van der Waals surface area contributed by atoms with E-state index < -0.39 is 0 Å². The largest absolute Gasteiger partial charge is 0.385 e. The molecule has 0 radical (unpaired) electrons. The van der Waals surface area contributed by atoms with Gasteiger partial charge in [0.1, 0.15) is 0 Å². The number of benzene rings is 1. The van der Waals surface area contributed by atoms with Crippen LogP contribution in [0.25, 0.3) is 0 Å². The quantitative estimate of drug-likeness (QED) is 0.814. The second-order valence-electron chi connectivity index (χ2n) is 6.81. The summed E-state index contributed by atoms with van der Waals surface area (Å²) in [4.78, 5) is 2.52. The molecule has 116 valence electrons. The van der Waals surface area contributed by atoms with E-state index in [1.54, 1.807) is 0 Å². The van der Waals surface area contributed by atoms with Crippen molar-refractivity contribution in [1.29, 1.82) is 0 Å². The fourth-order valence-electron chi connectivity index (χ4n) is 3.84. The molecule has 1 aromatic carbocycles. The van der Waals surface area contributed by atoms with Crippen LogP contribution in [0.5, 0.6) is 0 Å². The minimum Gasteiger partial charge on any atom is -0.385 e. The minimum absolute atomic E-state index is 0.971. The standard InChI is InChI=1S/C19H30N2/c1-3-7-17(8-4-1)13-14-20-18-9-11-19(12-10-18)21-15-5-2-6-16-21/h9-12,17,20H,1-8,13-16H2. The van der Waals surface area contributed by atoms with Crippen molar-refractivity contribution in [3.63, 3.8) is 0 Å². The molecule has 21 heavy (non-hydrogen) atoms. The lowest BCUT2D eigenvalue weighted by Crippen LogP contribution is -2.29. The molecule has 0 aromatic heterocycles. The SMILES string of the molecule is c1cc(N2CCCCC2)ccc1NCCC1CCCCC1. The van der Waals surface area contributed by atoms with E-state index in [1.807, 2.05) is 0 Å². The molecule has 0 unspecified atom stereocenters. The van der Waals surface area contributed by atoms with Crippen LogP contribution < -0.4 is 10.2 Å². The van der Waals surface area contributed by atoms with Crippen LogP contribution in [0.4, 0.5) is 11.4 Å². The van der Waals surface area contributed by atoms with Crippen molar-refractivity contribution in [3.05, 3.63) is 24.3 Å². The minimum atomic E-state index is 0.971. The predicted molar refractivity (Wildman–Crippen MR) is 92.2 cm³/mol. The third kappa shape index (κ3) is 4.39. The third-order valence-electron chi connectivity index (χ3n) is 5.19. The molecule has 3 rings (SSSR count). The molecule has 1 saturated carbocycles. The Kier molecular flexibility index (Phi) is 5.42. The molecule has 1 aliphatic carbocycles. The molecule has 2 heteroatoms. The van der Waals surface area contributed by atoms with Crippen molar-refractivity contribution in [3.8, 4) is 0 Å². The zero-order valence-electron chi connectivity index (χ0n) is 13.3. The van der Waals surface area contributed by atoms with Crippen LogP contribution in [0.3, 0.4) is 0 Å². The highest BCUT2D eigenvalue weighted by molar-refractivity contribution is 5.55. The Bertz CT molecular complexity index is 400. The van der Waals surface area contributed by atoms with E-state index in [1.165, 1.54) is 82.3 Å². The Morgan fingerprint density at radius 3 is 2.24 bits per heavy atom. The maximum atomic E-state index is 3.60. The van der Waals surface area contributed by atoms with Crippen LogP contribution in [0.15, 0.2) is 24.3 Å². The Morgan fingerprint density at radius 2 is 1.52 bits per heavy atom.